The van der Waals surface area contributed by atoms with E-state index in [9.17, 15) is 14.0 Å². The second-order valence-electron chi connectivity index (χ2n) is 7.83. The molecule has 4 N–H and O–H groups in total. The number of amides is 2. The molecule has 0 bridgehead atoms. The summed E-state index contributed by atoms with van der Waals surface area (Å²) >= 11 is 4.05. The number of nitrogens with one attached hydrogen (secondary N) is 4. The van der Waals surface area contributed by atoms with Gasteiger partial charge >= 0.3 is 0 Å². The molecule has 0 spiro atoms. The Bertz CT molecular complexity index is 1440. The number of anilines is 5. The van der Waals surface area contributed by atoms with Gasteiger partial charge < -0.3 is 26.0 Å². The van der Waals surface area contributed by atoms with Crippen LogP contribution in [0.15, 0.2) is 73.1 Å². The second kappa shape index (κ2) is 12.5. The molecule has 38 heavy (non-hydrogen) atoms. The van der Waals surface area contributed by atoms with E-state index >= 15 is 0 Å². The maximum atomic E-state index is 14.4. The van der Waals surface area contributed by atoms with E-state index in [0.29, 0.717) is 34.3 Å². The Morgan fingerprint density at radius 3 is 2.50 bits per heavy atom. The van der Waals surface area contributed by atoms with Crippen LogP contribution in [0, 0.1) is 5.82 Å². The zero-order valence-electron chi connectivity index (χ0n) is 20.2. The van der Waals surface area contributed by atoms with Crippen molar-refractivity contribution in [1.82, 2.24) is 20.3 Å². The van der Waals surface area contributed by atoms with Crippen LogP contribution in [0.25, 0.3) is 0 Å². The molecule has 2 amide bonds. The molecule has 0 aliphatic rings. The summed E-state index contributed by atoms with van der Waals surface area (Å²) in [4.78, 5) is 35.8. The summed E-state index contributed by atoms with van der Waals surface area (Å²) in [7, 11) is 1.53. The Kier molecular flexibility index (Phi) is 8.67. The third-order valence-electron chi connectivity index (χ3n) is 5.03. The van der Waals surface area contributed by atoms with E-state index in [0.717, 1.165) is 6.20 Å². The van der Waals surface area contributed by atoms with Crippen LogP contribution in [0.4, 0.5) is 33.2 Å². The number of carbonyl (C=O) groups is 2. The quantitative estimate of drug-likeness (QED) is 0.182. The van der Waals surface area contributed by atoms with Crippen LogP contribution >= 0.6 is 12.6 Å². The summed E-state index contributed by atoms with van der Waals surface area (Å²) in [6.45, 7) is 0. The summed E-state index contributed by atoms with van der Waals surface area (Å²) < 4.78 is 20.2. The predicted molar refractivity (Wildman–Crippen MR) is 146 cm³/mol. The van der Waals surface area contributed by atoms with Gasteiger partial charge in [-0.3, -0.25) is 14.6 Å². The first kappa shape index (κ1) is 26.4. The number of halogens is 1. The molecule has 4 aromatic rings. The first-order valence-corrected chi connectivity index (χ1v) is 12.1. The zero-order valence-corrected chi connectivity index (χ0v) is 21.1. The van der Waals surface area contributed by atoms with Crippen molar-refractivity contribution in [2.75, 3.05) is 28.8 Å². The van der Waals surface area contributed by atoms with E-state index in [2.05, 4.69) is 48.8 Å². The molecule has 12 heteroatoms. The lowest BCUT2D eigenvalue weighted by molar-refractivity contribution is -0.115. The third kappa shape index (κ3) is 7.17. The van der Waals surface area contributed by atoms with Gasteiger partial charge in [0, 0.05) is 42.8 Å². The SMILES string of the molecule is CNC(=O)c1cc(Oc2ccc(Nc3ncc(F)c(Nc4cccc(NC(=O)CCS)c4)n3)cc2)ccn1. The molecule has 194 valence electrons. The highest BCUT2D eigenvalue weighted by atomic mass is 32.1. The molecule has 10 nitrogen and oxygen atoms in total. The van der Waals surface area contributed by atoms with Gasteiger partial charge in [-0.25, -0.2) is 9.37 Å². The number of hydrogen-bond donors (Lipinski definition) is 5. The minimum Gasteiger partial charge on any atom is -0.457 e. The van der Waals surface area contributed by atoms with Crippen molar-refractivity contribution in [3.8, 4) is 11.5 Å². The lowest BCUT2D eigenvalue weighted by Gasteiger charge is -2.11. The Labute approximate surface area is 223 Å². The Hall–Kier alpha value is -4.71. The summed E-state index contributed by atoms with van der Waals surface area (Å²) in [6.07, 6.45) is 2.83. The summed E-state index contributed by atoms with van der Waals surface area (Å²) in [5, 5.41) is 11.2. The topological polar surface area (TPSA) is 130 Å². The first-order chi connectivity index (χ1) is 18.4. The molecule has 0 radical (unpaired) electrons. The molecule has 0 saturated heterocycles. The molecule has 0 saturated carbocycles. The molecular weight excluding hydrogens is 509 g/mol. The average molecular weight is 534 g/mol. The lowest BCUT2D eigenvalue weighted by atomic mass is 10.2. The van der Waals surface area contributed by atoms with E-state index in [4.69, 9.17) is 4.74 Å². The Morgan fingerprint density at radius 1 is 0.947 bits per heavy atom. The Balaban J connectivity index is 1.42. The average Bonchev–Trinajstić information content (AvgIpc) is 2.92. The van der Waals surface area contributed by atoms with Gasteiger partial charge in [-0.2, -0.15) is 17.6 Å². The van der Waals surface area contributed by atoms with E-state index in [1.165, 1.54) is 19.3 Å². The molecule has 2 heterocycles. The number of hydrogen-bond acceptors (Lipinski definition) is 9. The molecule has 2 aromatic carbocycles. The van der Waals surface area contributed by atoms with E-state index in [-0.39, 0.29) is 35.7 Å². The Morgan fingerprint density at radius 2 is 1.74 bits per heavy atom. The molecular formula is C26H24FN7O3S. The minimum absolute atomic E-state index is 0.0362. The van der Waals surface area contributed by atoms with Crippen LogP contribution in [0.2, 0.25) is 0 Å². The van der Waals surface area contributed by atoms with Gasteiger partial charge in [0.2, 0.25) is 11.9 Å². The maximum Gasteiger partial charge on any atom is 0.269 e. The standard InChI is InChI=1S/C26H24FN7O3S/c1-28-25(36)22-14-20(9-11-29-22)37-19-7-5-16(6-8-19)33-26-30-15-21(27)24(34-26)32-18-4-2-3-17(13-18)31-23(35)10-12-38/h2-9,11,13-15,38H,10,12H2,1H3,(H,28,36)(H,31,35)(H2,30,32,33,34). The van der Waals surface area contributed by atoms with E-state index in [1.54, 1.807) is 54.6 Å². The number of benzene rings is 2. The number of nitrogens with zero attached hydrogens (tertiary/aromatic N) is 3. The summed E-state index contributed by atoms with van der Waals surface area (Å²) in [5.74, 6) is 0.449. The number of rotatable bonds is 10. The highest BCUT2D eigenvalue weighted by Crippen LogP contribution is 2.26. The van der Waals surface area contributed by atoms with Crippen LogP contribution in [-0.4, -0.2) is 39.6 Å². The van der Waals surface area contributed by atoms with Gasteiger partial charge in [-0.05, 0) is 54.3 Å². The van der Waals surface area contributed by atoms with Gasteiger partial charge in [0.15, 0.2) is 11.6 Å². The predicted octanol–water partition coefficient (Wildman–Crippen LogP) is 4.91. The lowest BCUT2D eigenvalue weighted by Crippen LogP contribution is -2.18. The van der Waals surface area contributed by atoms with Gasteiger partial charge in [0.05, 0.1) is 6.20 Å². The van der Waals surface area contributed by atoms with Crippen molar-refractivity contribution >= 4 is 53.3 Å². The van der Waals surface area contributed by atoms with Crippen LogP contribution in [0.5, 0.6) is 11.5 Å². The number of ether oxygens (including phenoxy) is 1. The molecule has 0 unspecified atom stereocenters. The van der Waals surface area contributed by atoms with Gasteiger partial charge in [0.1, 0.15) is 17.2 Å². The zero-order chi connectivity index (χ0) is 26.9. The monoisotopic (exact) mass is 533 g/mol. The largest absolute Gasteiger partial charge is 0.457 e. The molecule has 0 aliphatic carbocycles. The molecule has 0 atom stereocenters. The normalized spacial score (nSPS) is 10.4. The molecule has 4 rings (SSSR count). The van der Waals surface area contributed by atoms with Crippen molar-refractivity contribution in [2.45, 2.75) is 6.42 Å². The van der Waals surface area contributed by atoms with Gasteiger partial charge in [0.25, 0.3) is 5.91 Å². The van der Waals surface area contributed by atoms with Gasteiger partial charge in [-0.15, -0.1) is 0 Å². The fourth-order valence-electron chi connectivity index (χ4n) is 3.25. The highest BCUT2D eigenvalue weighted by molar-refractivity contribution is 7.80. The fraction of sp³-hybridized carbons (Fsp3) is 0.115. The van der Waals surface area contributed by atoms with Crippen LogP contribution in [0.1, 0.15) is 16.9 Å². The summed E-state index contributed by atoms with van der Waals surface area (Å²) in [6, 6.07) is 17.0. The minimum atomic E-state index is -0.641. The smallest absolute Gasteiger partial charge is 0.269 e. The van der Waals surface area contributed by atoms with Gasteiger partial charge in [-0.1, -0.05) is 6.07 Å². The molecule has 0 fully saturated rings. The van der Waals surface area contributed by atoms with Crippen molar-refractivity contribution in [3.63, 3.8) is 0 Å². The second-order valence-corrected chi connectivity index (χ2v) is 8.27. The van der Waals surface area contributed by atoms with Crippen molar-refractivity contribution in [1.29, 1.82) is 0 Å². The van der Waals surface area contributed by atoms with Crippen LogP contribution in [0.3, 0.4) is 0 Å². The maximum absolute atomic E-state index is 14.4. The third-order valence-corrected chi connectivity index (χ3v) is 5.25. The molecule has 2 aromatic heterocycles. The van der Waals surface area contributed by atoms with Crippen molar-refractivity contribution in [2.24, 2.45) is 0 Å². The fourth-order valence-corrected chi connectivity index (χ4v) is 3.45. The highest BCUT2D eigenvalue weighted by Gasteiger charge is 2.10. The molecule has 0 aliphatic heterocycles. The van der Waals surface area contributed by atoms with Crippen LogP contribution in [-0.2, 0) is 4.79 Å². The number of pyridine rings is 1. The first-order valence-electron chi connectivity index (χ1n) is 11.5. The number of thiol groups is 1. The number of carbonyl (C=O) groups excluding carboxylic acids is 2. The number of aromatic nitrogens is 3. The van der Waals surface area contributed by atoms with Crippen molar-refractivity contribution < 1.29 is 18.7 Å². The van der Waals surface area contributed by atoms with E-state index < -0.39 is 5.82 Å². The van der Waals surface area contributed by atoms with Crippen molar-refractivity contribution in [3.05, 3.63) is 84.6 Å². The van der Waals surface area contributed by atoms with Crippen LogP contribution < -0.4 is 26.0 Å². The summed E-state index contributed by atoms with van der Waals surface area (Å²) in [5.41, 5.74) is 1.98. The van der Waals surface area contributed by atoms with E-state index in [1.807, 2.05) is 0 Å².